The van der Waals surface area contributed by atoms with Crippen LogP contribution in [0.2, 0.25) is 0 Å². The van der Waals surface area contributed by atoms with E-state index in [1.807, 2.05) is 6.92 Å². The van der Waals surface area contributed by atoms with E-state index < -0.39 is 54.6 Å². The van der Waals surface area contributed by atoms with Crippen LogP contribution in [0.3, 0.4) is 0 Å². The van der Waals surface area contributed by atoms with Crippen molar-refractivity contribution >= 4 is 0 Å². The molecule has 0 aliphatic carbocycles. The minimum atomic E-state index is -8.20. The maximum Gasteiger partial charge on any atom is 0.460 e. The van der Waals surface area contributed by atoms with Crippen molar-refractivity contribution in [2.24, 2.45) is 0 Å². The molecule has 206 valence electrons. The number of alkyl halides is 15. The average molecular weight is 538 g/mol. The summed E-state index contributed by atoms with van der Waals surface area (Å²) in [4.78, 5) is 0. The lowest BCUT2D eigenvalue weighted by Crippen LogP contribution is -2.72. The fourth-order valence-corrected chi connectivity index (χ4v) is 2.99. The van der Waals surface area contributed by atoms with E-state index >= 15 is 0 Å². The van der Waals surface area contributed by atoms with Gasteiger partial charge in [-0.25, -0.2) is 0 Å². The molecule has 0 fully saturated rings. The largest absolute Gasteiger partial charge is 0.460 e. The second kappa shape index (κ2) is 11.3. The summed E-state index contributed by atoms with van der Waals surface area (Å²) >= 11 is 0. The lowest BCUT2D eigenvalue weighted by molar-refractivity contribution is -0.452. The van der Waals surface area contributed by atoms with Gasteiger partial charge in [0.1, 0.15) is 0 Å². The minimum absolute atomic E-state index is 0.165. The Hall–Kier alpha value is -1.05. The molecule has 0 spiro atoms. The number of unbranched alkanes of at least 4 members (excludes halogenated alkanes) is 9. The molecule has 0 saturated carbocycles. The highest BCUT2D eigenvalue weighted by Crippen LogP contribution is 2.62. The van der Waals surface area contributed by atoms with E-state index in [4.69, 9.17) is 0 Å². The van der Waals surface area contributed by atoms with Crippen molar-refractivity contribution in [1.82, 2.24) is 0 Å². The Morgan fingerprint density at radius 1 is 0.353 bits per heavy atom. The van der Waals surface area contributed by atoms with Crippen LogP contribution in [-0.2, 0) is 0 Å². The Kier molecular flexibility index (Phi) is 11.0. The summed E-state index contributed by atoms with van der Waals surface area (Å²) in [6, 6.07) is 0. The molecule has 0 aromatic heterocycles. The van der Waals surface area contributed by atoms with E-state index in [9.17, 15) is 65.9 Å². The molecular weight excluding hydrogens is 513 g/mol. The fraction of sp³-hybridized carbons (Fsp3) is 1.00. The van der Waals surface area contributed by atoms with Crippen LogP contribution < -0.4 is 0 Å². The summed E-state index contributed by atoms with van der Waals surface area (Å²) in [5.74, 6) is -45.8. The van der Waals surface area contributed by atoms with Gasteiger partial charge in [0.15, 0.2) is 0 Å². The molecule has 0 atom stereocenters. The zero-order valence-electron chi connectivity index (χ0n) is 17.9. The van der Waals surface area contributed by atoms with Gasteiger partial charge >= 0.3 is 41.7 Å². The molecule has 0 aromatic rings. The van der Waals surface area contributed by atoms with Crippen LogP contribution in [0.25, 0.3) is 0 Å². The highest BCUT2D eigenvalue weighted by molar-refractivity contribution is 5.12. The van der Waals surface area contributed by atoms with Crippen LogP contribution in [0.15, 0.2) is 0 Å². The fourth-order valence-electron chi connectivity index (χ4n) is 2.99. The first-order valence-corrected chi connectivity index (χ1v) is 10.4. The molecule has 15 heteroatoms. The van der Waals surface area contributed by atoms with Crippen LogP contribution in [0.5, 0.6) is 0 Å². The van der Waals surface area contributed by atoms with Gasteiger partial charge in [-0.15, -0.1) is 0 Å². The number of hydrogen-bond acceptors (Lipinski definition) is 0. The van der Waals surface area contributed by atoms with E-state index in [2.05, 4.69) is 0 Å². The maximum absolute atomic E-state index is 13.7. The number of halogens is 15. The third-order valence-corrected chi connectivity index (χ3v) is 5.24. The molecule has 0 radical (unpaired) electrons. The highest BCUT2D eigenvalue weighted by Gasteiger charge is 2.93. The van der Waals surface area contributed by atoms with Gasteiger partial charge in [0.2, 0.25) is 0 Å². The third kappa shape index (κ3) is 6.38. The summed E-state index contributed by atoms with van der Waals surface area (Å²) in [5, 5.41) is 0. The van der Waals surface area contributed by atoms with Gasteiger partial charge in [-0.1, -0.05) is 64.7 Å². The molecular formula is C19H25F15. The van der Waals surface area contributed by atoms with Gasteiger partial charge in [-0.2, -0.15) is 65.9 Å². The van der Waals surface area contributed by atoms with E-state index in [0.29, 0.717) is 12.8 Å². The Balaban J connectivity index is 5.28. The molecule has 0 aliphatic heterocycles. The van der Waals surface area contributed by atoms with Crippen molar-refractivity contribution in [3.8, 4) is 0 Å². The molecule has 0 amide bonds. The summed E-state index contributed by atoms with van der Waals surface area (Å²) in [7, 11) is 0. The van der Waals surface area contributed by atoms with Gasteiger partial charge in [-0.05, 0) is 6.42 Å². The summed E-state index contributed by atoms with van der Waals surface area (Å²) in [6.07, 6.45) is -5.12. The Morgan fingerprint density at radius 2 is 0.647 bits per heavy atom. The predicted molar refractivity (Wildman–Crippen MR) is 92.2 cm³/mol. The van der Waals surface area contributed by atoms with Gasteiger partial charge in [0.05, 0.1) is 0 Å². The zero-order chi connectivity index (χ0) is 27.3. The number of hydrogen-bond donors (Lipinski definition) is 0. The standard InChI is InChI=1S/C19H25F15/c1-2-3-4-5-6-7-8-9-10-11-12-13(20,21)14(22,23)15(24,25)16(26,27)17(28,29)18(30,31)19(32,33)34/h2-12H2,1H3. The lowest BCUT2D eigenvalue weighted by atomic mass is 9.89. The maximum atomic E-state index is 13.7. The number of rotatable bonds is 16. The van der Waals surface area contributed by atoms with E-state index in [-0.39, 0.29) is 12.8 Å². The molecule has 0 saturated heterocycles. The summed E-state index contributed by atoms with van der Waals surface area (Å²) < 4.78 is 196. The Morgan fingerprint density at radius 3 is 1.00 bits per heavy atom. The molecule has 0 unspecified atom stereocenters. The predicted octanol–water partition coefficient (Wildman–Crippen LogP) is 9.67. The van der Waals surface area contributed by atoms with E-state index in [0.717, 1.165) is 32.1 Å². The molecule has 34 heavy (non-hydrogen) atoms. The van der Waals surface area contributed by atoms with Crippen molar-refractivity contribution in [1.29, 1.82) is 0 Å². The molecule has 0 nitrogen and oxygen atoms in total. The Labute approximate surface area is 186 Å². The van der Waals surface area contributed by atoms with Gasteiger partial charge in [0, 0.05) is 6.42 Å². The summed E-state index contributed by atoms with van der Waals surface area (Å²) in [5.41, 5.74) is 0. The van der Waals surface area contributed by atoms with Crippen molar-refractivity contribution in [3.63, 3.8) is 0 Å². The van der Waals surface area contributed by atoms with Crippen molar-refractivity contribution in [2.45, 2.75) is 119 Å². The quantitative estimate of drug-likeness (QED) is 0.136. The lowest BCUT2D eigenvalue weighted by Gasteiger charge is -2.41. The van der Waals surface area contributed by atoms with Crippen LogP contribution in [0.1, 0.15) is 77.6 Å². The minimum Gasteiger partial charge on any atom is -0.200 e. The average Bonchev–Trinajstić information content (AvgIpc) is 2.67. The van der Waals surface area contributed by atoms with Crippen molar-refractivity contribution in [2.75, 3.05) is 0 Å². The smallest absolute Gasteiger partial charge is 0.200 e. The first-order valence-electron chi connectivity index (χ1n) is 10.4. The first kappa shape index (κ1) is 33.0. The van der Waals surface area contributed by atoms with Gasteiger partial charge in [0.25, 0.3) is 0 Å². The van der Waals surface area contributed by atoms with Gasteiger partial charge < -0.3 is 0 Å². The molecule has 0 N–H and O–H groups in total. The molecule has 0 heterocycles. The SMILES string of the molecule is CCCCCCCCCCCCC(F)(F)C(F)(F)C(F)(F)C(F)(F)C(F)(F)C(F)(F)C(F)(F)F. The highest BCUT2D eigenvalue weighted by atomic mass is 19.4. The summed E-state index contributed by atoms with van der Waals surface area (Å²) in [6.45, 7) is 1.99. The van der Waals surface area contributed by atoms with Gasteiger partial charge in [-0.3, -0.25) is 0 Å². The normalized spacial score (nSPS) is 15.2. The second-order valence-electron chi connectivity index (χ2n) is 8.01. The van der Waals surface area contributed by atoms with E-state index in [1.165, 1.54) is 0 Å². The van der Waals surface area contributed by atoms with Crippen LogP contribution in [0.4, 0.5) is 65.9 Å². The van der Waals surface area contributed by atoms with E-state index in [1.54, 1.807) is 0 Å². The molecule has 0 rings (SSSR count). The van der Waals surface area contributed by atoms with Crippen molar-refractivity contribution < 1.29 is 65.9 Å². The Bertz CT molecular complexity index is 607. The molecule has 0 aliphatic rings. The molecule has 0 bridgehead atoms. The third-order valence-electron chi connectivity index (χ3n) is 5.24. The zero-order valence-corrected chi connectivity index (χ0v) is 17.9. The van der Waals surface area contributed by atoms with Crippen LogP contribution in [0, 0.1) is 0 Å². The monoisotopic (exact) mass is 538 g/mol. The van der Waals surface area contributed by atoms with Crippen LogP contribution in [-0.4, -0.2) is 41.7 Å². The molecule has 0 aromatic carbocycles. The van der Waals surface area contributed by atoms with Crippen molar-refractivity contribution in [3.05, 3.63) is 0 Å². The topological polar surface area (TPSA) is 0 Å². The second-order valence-corrected chi connectivity index (χ2v) is 8.01. The van der Waals surface area contributed by atoms with Crippen LogP contribution >= 0.6 is 0 Å². The first-order chi connectivity index (χ1) is 15.1.